The zero-order chi connectivity index (χ0) is 14.4. The Bertz CT molecular complexity index is 846. The number of fused-ring (bicyclic) bond motifs is 3. The highest BCUT2D eigenvalue weighted by Gasteiger charge is 2.21. The van der Waals surface area contributed by atoms with Gasteiger partial charge in [-0.2, -0.15) is 0 Å². The van der Waals surface area contributed by atoms with Crippen molar-refractivity contribution in [1.29, 1.82) is 0 Å². The zero-order valence-corrected chi connectivity index (χ0v) is 12.6. The first-order valence-corrected chi connectivity index (χ1v) is 7.89. The Morgan fingerprint density at radius 3 is 3.05 bits per heavy atom. The van der Waals surface area contributed by atoms with Crippen LogP contribution in [0.2, 0.25) is 5.02 Å². The van der Waals surface area contributed by atoms with E-state index in [-0.39, 0.29) is 5.82 Å². The van der Waals surface area contributed by atoms with Crippen LogP contribution in [0.4, 0.5) is 15.9 Å². The van der Waals surface area contributed by atoms with Crippen LogP contribution in [-0.4, -0.2) is 9.97 Å². The number of anilines is 2. The Morgan fingerprint density at radius 2 is 2.14 bits per heavy atom. The molecule has 6 heteroatoms. The van der Waals surface area contributed by atoms with Crippen molar-refractivity contribution in [3.05, 3.63) is 45.8 Å². The van der Waals surface area contributed by atoms with E-state index in [9.17, 15) is 4.39 Å². The van der Waals surface area contributed by atoms with Crippen LogP contribution in [0.1, 0.15) is 16.9 Å². The van der Waals surface area contributed by atoms with Gasteiger partial charge in [0, 0.05) is 9.90 Å². The number of rotatable bonds is 2. The fourth-order valence-corrected chi connectivity index (χ4v) is 4.15. The first-order chi connectivity index (χ1) is 10.2. The number of benzene rings is 1. The molecule has 21 heavy (non-hydrogen) atoms. The molecule has 1 aliphatic rings. The topological polar surface area (TPSA) is 37.8 Å². The summed E-state index contributed by atoms with van der Waals surface area (Å²) < 4.78 is 13.9. The van der Waals surface area contributed by atoms with Gasteiger partial charge in [-0.1, -0.05) is 11.6 Å². The molecule has 0 saturated carbocycles. The fourth-order valence-electron chi connectivity index (χ4n) is 2.74. The summed E-state index contributed by atoms with van der Waals surface area (Å²) in [6.07, 6.45) is 4.81. The van der Waals surface area contributed by atoms with E-state index in [4.69, 9.17) is 11.6 Å². The van der Waals surface area contributed by atoms with Crippen LogP contribution in [0.5, 0.6) is 0 Å². The van der Waals surface area contributed by atoms with Crippen LogP contribution in [0, 0.1) is 5.82 Å². The number of halogens is 2. The third-order valence-corrected chi connectivity index (χ3v) is 5.12. The number of thiophene rings is 1. The Kier molecular flexibility index (Phi) is 3.05. The standard InChI is InChI=1S/C15H11ClFN3S/c16-8-4-5-10(17)11(6-8)20-14-13-9-2-1-3-12(9)21-15(13)19-7-18-14/h4-7H,1-3H2,(H,18,19,20). The van der Waals surface area contributed by atoms with Crippen molar-refractivity contribution in [3.8, 4) is 0 Å². The van der Waals surface area contributed by atoms with Gasteiger partial charge in [-0.3, -0.25) is 0 Å². The molecular formula is C15H11ClFN3S. The van der Waals surface area contributed by atoms with Gasteiger partial charge in [-0.05, 0) is 43.0 Å². The number of hydrogen-bond donors (Lipinski definition) is 1. The Morgan fingerprint density at radius 1 is 1.24 bits per heavy atom. The lowest BCUT2D eigenvalue weighted by Gasteiger charge is -2.09. The molecule has 3 aromatic rings. The third kappa shape index (κ3) is 2.17. The van der Waals surface area contributed by atoms with Gasteiger partial charge in [0.2, 0.25) is 0 Å². The van der Waals surface area contributed by atoms with Gasteiger partial charge in [0.25, 0.3) is 0 Å². The maximum absolute atomic E-state index is 13.9. The van der Waals surface area contributed by atoms with Gasteiger partial charge in [-0.25, -0.2) is 14.4 Å². The molecule has 0 amide bonds. The molecule has 0 radical (unpaired) electrons. The van der Waals surface area contributed by atoms with Crippen LogP contribution in [0.3, 0.4) is 0 Å². The van der Waals surface area contributed by atoms with Gasteiger partial charge in [-0.15, -0.1) is 11.3 Å². The molecule has 0 unspecified atom stereocenters. The van der Waals surface area contributed by atoms with Gasteiger partial charge in [0.15, 0.2) is 0 Å². The van der Waals surface area contributed by atoms with Gasteiger partial charge in [0.05, 0.1) is 11.1 Å². The Labute approximate surface area is 129 Å². The summed E-state index contributed by atoms with van der Waals surface area (Å²) in [5, 5.41) is 4.58. The lowest BCUT2D eigenvalue weighted by atomic mass is 10.2. The fraction of sp³-hybridized carbons (Fsp3) is 0.200. The predicted octanol–water partition coefficient (Wildman–Crippen LogP) is 4.72. The average molecular weight is 320 g/mol. The summed E-state index contributed by atoms with van der Waals surface area (Å²) in [6.45, 7) is 0. The van der Waals surface area contributed by atoms with E-state index in [0.717, 1.165) is 29.5 Å². The maximum Gasteiger partial charge on any atom is 0.146 e. The average Bonchev–Trinajstić information content (AvgIpc) is 3.03. The van der Waals surface area contributed by atoms with Crippen molar-refractivity contribution < 1.29 is 4.39 Å². The second-order valence-electron chi connectivity index (χ2n) is 5.01. The highest BCUT2D eigenvalue weighted by atomic mass is 35.5. The summed E-state index contributed by atoms with van der Waals surface area (Å²) in [5.74, 6) is 0.304. The second kappa shape index (κ2) is 4.93. The van der Waals surface area contributed by atoms with Crippen molar-refractivity contribution in [2.24, 2.45) is 0 Å². The van der Waals surface area contributed by atoms with Crippen molar-refractivity contribution in [2.45, 2.75) is 19.3 Å². The van der Waals surface area contributed by atoms with Crippen molar-refractivity contribution in [2.75, 3.05) is 5.32 Å². The minimum Gasteiger partial charge on any atom is -0.337 e. The first kappa shape index (κ1) is 13.0. The van der Waals surface area contributed by atoms with Crippen LogP contribution in [0.15, 0.2) is 24.5 Å². The molecular weight excluding hydrogens is 309 g/mol. The molecule has 4 rings (SSSR count). The van der Waals surface area contributed by atoms with Gasteiger partial charge in [0.1, 0.15) is 22.8 Å². The molecule has 106 valence electrons. The number of hydrogen-bond acceptors (Lipinski definition) is 4. The highest BCUT2D eigenvalue weighted by Crippen LogP contribution is 2.40. The Hall–Kier alpha value is -1.72. The van der Waals surface area contributed by atoms with Crippen LogP contribution >= 0.6 is 22.9 Å². The number of aryl methyl sites for hydroxylation is 2. The molecule has 0 spiro atoms. The number of nitrogens with zero attached hydrogens (tertiary/aromatic N) is 2. The van der Waals surface area contributed by atoms with Crippen LogP contribution < -0.4 is 5.32 Å². The molecule has 1 aromatic carbocycles. The largest absolute Gasteiger partial charge is 0.337 e. The van der Waals surface area contributed by atoms with E-state index < -0.39 is 0 Å². The van der Waals surface area contributed by atoms with Gasteiger partial charge >= 0.3 is 0 Å². The molecule has 2 aromatic heterocycles. The first-order valence-electron chi connectivity index (χ1n) is 6.69. The summed E-state index contributed by atoms with van der Waals surface area (Å²) in [7, 11) is 0. The van der Waals surface area contributed by atoms with Crippen LogP contribution in [0.25, 0.3) is 10.2 Å². The zero-order valence-electron chi connectivity index (χ0n) is 11.0. The molecule has 0 bridgehead atoms. The number of aromatic nitrogens is 2. The molecule has 0 fully saturated rings. The molecule has 0 saturated heterocycles. The quantitative estimate of drug-likeness (QED) is 0.743. The van der Waals surface area contributed by atoms with E-state index in [2.05, 4.69) is 15.3 Å². The molecule has 0 aliphatic heterocycles. The molecule has 3 nitrogen and oxygen atoms in total. The maximum atomic E-state index is 13.9. The molecule has 1 N–H and O–H groups in total. The normalized spacial score (nSPS) is 13.6. The lowest BCUT2D eigenvalue weighted by molar-refractivity contribution is 0.632. The van der Waals surface area contributed by atoms with Crippen LogP contribution in [-0.2, 0) is 12.8 Å². The van der Waals surface area contributed by atoms with E-state index >= 15 is 0 Å². The van der Waals surface area contributed by atoms with E-state index in [1.54, 1.807) is 17.4 Å². The van der Waals surface area contributed by atoms with Gasteiger partial charge < -0.3 is 5.32 Å². The summed E-state index contributed by atoms with van der Waals surface area (Å²) >= 11 is 7.64. The molecule has 1 aliphatic carbocycles. The smallest absolute Gasteiger partial charge is 0.146 e. The summed E-state index contributed by atoms with van der Waals surface area (Å²) in [5.41, 5.74) is 1.64. The van der Waals surface area contributed by atoms with E-state index in [0.29, 0.717) is 16.5 Å². The third-order valence-electron chi connectivity index (χ3n) is 3.68. The van der Waals surface area contributed by atoms with Crippen molar-refractivity contribution in [1.82, 2.24) is 9.97 Å². The summed E-state index contributed by atoms with van der Waals surface area (Å²) in [4.78, 5) is 11.0. The molecule has 2 heterocycles. The predicted molar refractivity (Wildman–Crippen MR) is 84.1 cm³/mol. The number of nitrogens with one attached hydrogen (secondary N) is 1. The minimum atomic E-state index is -0.349. The highest BCUT2D eigenvalue weighted by molar-refractivity contribution is 7.19. The van der Waals surface area contributed by atoms with E-state index in [1.807, 2.05) is 0 Å². The van der Waals surface area contributed by atoms with Crippen molar-refractivity contribution in [3.63, 3.8) is 0 Å². The second-order valence-corrected chi connectivity index (χ2v) is 6.53. The SMILES string of the molecule is Fc1ccc(Cl)cc1Nc1ncnc2sc3c(c12)CCC3. The summed E-state index contributed by atoms with van der Waals surface area (Å²) in [6, 6.07) is 4.44. The monoisotopic (exact) mass is 319 g/mol. The lowest BCUT2D eigenvalue weighted by Crippen LogP contribution is -1.98. The van der Waals surface area contributed by atoms with Crippen molar-refractivity contribution >= 4 is 44.7 Å². The Balaban J connectivity index is 1.85. The minimum absolute atomic E-state index is 0.334. The molecule has 0 atom stereocenters. The van der Waals surface area contributed by atoms with E-state index in [1.165, 1.54) is 28.9 Å².